The first kappa shape index (κ1) is 14.7. The molecule has 2 saturated heterocycles. The number of carbonyl (C=O) groups excluding carboxylic acids is 1. The molecule has 2 atom stereocenters. The van der Waals surface area contributed by atoms with E-state index in [-0.39, 0.29) is 18.9 Å². The number of carbonyl (C=O) groups is 1. The molecule has 0 saturated carbocycles. The van der Waals surface area contributed by atoms with Crippen molar-refractivity contribution >= 4 is 5.91 Å². The minimum Gasteiger partial charge on any atom is -0.341 e. The molecule has 2 unspecified atom stereocenters. The topological polar surface area (TPSA) is 35.6 Å². The smallest absolute Gasteiger partial charge is 0.262 e. The van der Waals surface area contributed by atoms with E-state index in [0.29, 0.717) is 19.0 Å². The average Bonchev–Trinajstić information content (AvgIpc) is 2.95. The zero-order valence-corrected chi connectivity index (χ0v) is 11.7. The molecule has 1 N–H and O–H groups in total. The third kappa shape index (κ3) is 3.63. The lowest BCUT2D eigenvalue weighted by atomic mass is 10.1. The summed E-state index contributed by atoms with van der Waals surface area (Å²) in [7, 11) is 2.06. The van der Waals surface area contributed by atoms with Crippen molar-refractivity contribution in [3.8, 4) is 0 Å². The number of halogens is 2. The maximum absolute atomic E-state index is 13.1. The summed E-state index contributed by atoms with van der Waals surface area (Å²) < 4.78 is 26.2. The second kappa shape index (κ2) is 5.71. The SMILES string of the molecule is CCN(C)CC1CCN(C(=O)C2CC(F)(F)CN2)C1. The Morgan fingerprint density at radius 3 is 2.84 bits per heavy atom. The second-order valence-electron chi connectivity index (χ2n) is 5.79. The van der Waals surface area contributed by atoms with E-state index in [1.165, 1.54) is 0 Å². The number of alkyl halides is 2. The number of hydrogen-bond acceptors (Lipinski definition) is 3. The highest BCUT2D eigenvalue weighted by atomic mass is 19.3. The van der Waals surface area contributed by atoms with Crippen LogP contribution in [-0.2, 0) is 4.79 Å². The van der Waals surface area contributed by atoms with E-state index in [9.17, 15) is 13.6 Å². The van der Waals surface area contributed by atoms with E-state index in [1.807, 2.05) is 0 Å². The minimum atomic E-state index is -2.73. The van der Waals surface area contributed by atoms with Gasteiger partial charge in [0.1, 0.15) is 0 Å². The van der Waals surface area contributed by atoms with Gasteiger partial charge in [0.25, 0.3) is 5.92 Å². The summed E-state index contributed by atoms with van der Waals surface area (Å²) in [5.41, 5.74) is 0. The van der Waals surface area contributed by atoms with Gasteiger partial charge in [-0.25, -0.2) is 8.78 Å². The standard InChI is InChI=1S/C13H23F2N3O/c1-3-17(2)7-10-4-5-18(8-10)12(19)11-6-13(14,15)9-16-11/h10-11,16H,3-9H2,1-2H3. The fourth-order valence-electron chi connectivity index (χ4n) is 2.86. The molecule has 0 aromatic heterocycles. The quantitative estimate of drug-likeness (QED) is 0.824. The van der Waals surface area contributed by atoms with Crippen LogP contribution in [0.25, 0.3) is 0 Å². The average molecular weight is 275 g/mol. The third-order valence-electron chi connectivity index (χ3n) is 4.12. The zero-order chi connectivity index (χ0) is 14.0. The number of likely N-dealkylation sites (tertiary alicyclic amines) is 1. The molecule has 2 rings (SSSR count). The van der Waals surface area contributed by atoms with Crippen molar-refractivity contribution in [3.63, 3.8) is 0 Å². The fourth-order valence-corrected chi connectivity index (χ4v) is 2.86. The highest BCUT2D eigenvalue weighted by Gasteiger charge is 2.44. The summed E-state index contributed by atoms with van der Waals surface area (Å²) in [4.78, 5) is 16.1. The van der Waals surface area contributed by atoms with Gasteiger partial charge in [0.05, 0.1) is 12.6 Å². The van der Waals surface area contributed by atoms with Crippen LogP contribution in [0.2, 0.25) is 0 Å². The van der Waals surface area contributed by atoms with E-state index in [2.05, 4.69) is 24.2 Å². The molecule has 110 valence electrons. The maximum Gasteiger partial charge on any atom is 0.262 e. The van der Waals surface area contributed by atoms with Gasteiger partial charge in [0.15, 0.2) is 0 Å². The van der Waals surface area contributed by atoms with Crippen molar-refractivity contribution in [2.24, 2.45) is 5.92 Å². The highest BCUT2D eigenvalue weighted by molar-refractivity contribution is 5.82. The predicted octanol–water partition coefficient (Wildman–Crippen LogP) is 0.784. The van der Waals surface area contributed by atoms with E-state index < -0.39 is 12.0 Å². The molecule has 1 amide bonds. The Hall–Kier alpha value is -0.750. The van der Waals surface area contributed by atoms with Crippen LogP contribution in [0.4, 0.5) is 8.78 Å². The summed E-state index contributed by atoms with van der Waals surface area (Å²) in [5, 5.41) is 2.64. The van der Waals surface area contributed by atoms with Crippen LogP contribution in [0, 0.1) is 5.92 Å². The molecule has 0 bridgehead atoms. The maximum atomic E-state index is 13.1. The van der Waals surface area contributed by atoms with E-state index in [4.69, 9.17) is 0 Å². The molecule has 0 aromatic rings. The lowest BCUT2D eigenvalue weighted by Gasteiger charge is -2.22. The van der Waals surface area contributed by atoms with Crippen molar-refractivity contribution in [2.75, 3.05) is 39.8 Å². The van der Waals surface area contributed by atoms with Gasteiger partial charge in [0.2, 0.25) is 5.91 Å². The van der Waals surface area contributed by atoms with Gasteiger partial charge in [-0.3, -0.25) is 10.1 Å². The van der Waals surface area contributed by atoms with Crippen molar-refractivity contribution < 1.29 is 13.6 Å². The second-order valence-corrected chi connectivity index (χ2v) is 5.79. The van der Waals surface area contributed by atoms with Crippen LogP contribution in [0.15, 0.2) is 0 Å². The first-order chi connectivity index (χ1) is 8.91. The van der Waals surface area contributed by atoms with Crippen molar-refractivity contribution in [2.45, 2.75) is 31.7 Å². The van der Waals surface area contributed by atoms with Crippen LogP contribution >= 0.6 is 0 Å². The molecule has 2 aliphatic rings. The van der Waals surface area contributed by atoms with Crippen LogP contribution < -0.4 is 5.32 Å². The Labute approximate surface area is 113 Å². The van der Waals surface area contributed by atoms with Crippen LogP contribution in [-0.4, -0.2) is 67.4 Å². The van der Waals surface area contributed by atoms with Gasteiger partial charge >= 0.3 is 0 Å². The molecule has 0 aromatic carbocycles. The molecule has 2 aliphatic heterocycles. The lowest BCUT2D eigenvalue weighted by molar-refractivity contribution is -0.132. The Bertz CT molecular complexity index is 338. The molecule has 0 radical (unpaired) electrons. The number of nitrogens with one attached hydrogen (secondary N) is 1. The zero-order valence-electron chi connectivity index (χ0n) is 11.7. The van der Waals surface area contributed by atoms with Gasteiger partial charge in [-0.15, -0.1) is 0 Å². The first-order valence-electron chi connectivity index (χ1n) is 7.00. The van der Waals surface area contributed by atoms with Gasteiger partial charge in [-0.05, 0) is 25.9 Å². The normalized spacial score (nSPS) is 30.3. The number of nitrogens with zero attached hydrogens (tertiary/aromatic N) is 2. The molecule has 6 heteroatoms. The lowest BCUT2D eigenvalue weighted by Crippen LogP contribution is -2.42. The molecule has 0 spiro atoms. The Morgan fingerprint density at radius 2 is 2.26 bits per heavy atom. The summed E-state index contributed by atoms with van der Waals surface area (Å²) in [5.74, 6) is -2.42. The van der Waals surface area contributed by atoms with E-state index in [1.54, 1.807) is 4.90 Å². The van der Waals surface area contributed by atoms with Crippen LogP contribution in [0.5, 0.6) is 0 Å². The molecular weight excluding hydrogens is 252 g/mol. The Morgan fingerprint density at radius 1 is 1.53 bits per heavy atom. The van der Waals surface area contributed by atoms with Crippen molar-refractivity contribution in [1.82, 2.24) is 15.1 Å². The van der Waals surface area contributed by atoms with Crippen LogP contribution in [0.1, 0.15) is 19.8 Å². The monoisotopic (exact) mass is 275 g/mol. The third-order valence-corrected chi connectivity index (χ3v) is 4.12. The van der Waals surface area contributed by atoms with E-state index >= 15 is 0 Å². The molecule has 2 heterocycles. The molecule has 0 aliphatic carbocycles. The van der Waals surface area contributed by atoms with Gasteiger partial charge < -0.3 is 9.80 Å². The Kier molecular flexibility index (Phi) is 4.40. The molecule has 2 fully saturated rings. The van der Waals surface area contributed by atoms with Crippen LogP contribution in [0.3, 0.4) is 0 Å². The summed E-state index contributed by atoms with van der Waals surface area (Å²) in [6, 6.07) is -0.697. The summed E-state index contributed by atoms with van der Waals surface area (Å²) in [6.07, 6.45) is 0.612. The largest absolute Gasteiger partial charge is 0.341 e. The molecular formula is C13H23F2N3O. The summed E-state index contributed by atoms with van der Waals surface area (Å²) >= 11 is 0. The molecule has 4 nitrogen and oxygen atoms in total. The van der Waals surface area contributed by atoms with Gasteiger partial charge in [0, 0.05) is 26.1 Å². The van der Waals surface area contributed by atoms with Crippen molar-refractivity contribution in [1.29, 1.82) is 0 Å². The van der Waals surface area contributed by atoms with Gasteiger partial charge in [-0.1, -0.05) is 6.92 Å². The summed E-state index contributed by atoms with van der Waals surface area (Å²) in [6.45, 7) is 5.08. The first-order valence-corrected chi connectivity index (χ1v) is 7.00. The number of amides is 1. The fraction of sp³-hybridized carbons (Fsp3) is 0.923. The minimum absolute atomic E-state index is 0.154. The number of hydrogen-bond donors (Lipinski definition) is 1. The number of rotatable bonds is 4. The highest BCUT2D eigenvalue weighted by Crippen LogP contribution is 2.27. The van der Waals surface area contributed by atoms with Crippen molar-refractivity contribution in [3.05, 3.63) is 0 Å². The molecule has 19 heavy (non-hydrogen) atoms. The Balaban J connectivity index is 1.82. The van der Waals surface area contributed by atoms with Gasteiger partial charge in [-0.2, -0.15) is 0 Å². The predicted molar refractivity (Wildman–Crippen MR) is 69.2 cm³/mol. The van der Waals surface area contributed by atoms with E-state index in [0.717, 1.165) is 19.5 Å².